The molecule has 3 aliphatic rings. The van der Waals surface area contributed by atoms with Gasteiger partial charge >= 0.3 is 0 Å². The summed E-state index contributed by atoms with van der Waals surface area (Å²) in [4.78, 5) is 28.4. The van der Waals surface area contributed by atoms with Gasteiger partial charge in [0.2, 0.25) is 0 Å². The van der Waals surface area contributed by atoms with Crippen LogP contribution in [0.5, 0.6) is 5.75 Å². The summed E-state index contributed by atoms with van der Waals surface area (Å²) in [6.07, 6.45) is 2.45. The fourth-order valence-electron chi connectivity index (χ4n) is 5.61. The van der Waals surface area contributed by atoms with Crippen molar-refractivity contribution in [1.29, 1.82) is 0 Å². The summed E-state index contributed by atoms with van der Waals surface area (Å²) in [5.74, 6) is -0.626. The molecule has 1 amide bonds. The maximum atomic E-state index is 13.4. The SMILES string of the molecule is C[C@@H]1Cc2cc(C(O)=C3C(=O)C(=O)N(C[C@@H]4CCCO4)[C@H]3c3cccc4ccccc34)ccc2O1. The van der Waals surface area contributed by atoms with Gasteiger partial charge in [-0.3, -0.25) is 9.59 Å². The minimum Gasteiger partial charge on any atom is -0.507 e. The molecule has 3 heterocycles. The van der Waals surface area contributed by atoms with Gasteiger partial charge in [-0.05, 0) is 59.9 Å². The molecule has 3 aromatic carbocycles. The lowest BCUT2D eigenvalue weighted by Gasteiger charge is -2.28. The Hall–Kier alpha value is -3.64. The van der Waals surface area contributed by atoms with E-state index < -0.39 is 17.7 Å². The average Bonchev–Trinajstić information content (AvgIpc) is 3.57. The molecule has 0 unspecified atom stereocenters. The quantitative estimate of drug-likeness (QED) is 0.339. The molecule has 0 saturated carbocycles. The number of amides is 1. The third-order valence-electron chi connectivity index (χ3n) is 7.25. The maximum Gasteiger partial charge on any atom is 0.295 e. The smallest absolute Gasteiger partial charge is 0.295 e. The van der Waals surface area contributed by atoms with Crippen molar-refractivity contribution < 1.29 is 24.2 Å². The van der Waals surface area contributed by atoms with E-state index >= 15 is 0 Å². The Kier molecular flexibility index (Phi) is 5.33. The first-order chi connectivity index (χ1) is 17.0. The zero-order valence-electron chi connectivity index (χ0n) is 19.6. The van der Waals surface area contributed by atoms with Crippen molar-refractivity contribution in [1.82, 2.24) is 4.90 Å². The van der Waals surface area contributed by atoms with Crippen LogP contribution in [0.4, 0.5) is 0 Å². The lowest BCUT2D eigenvalue weighted by molar-refractivity contribution is -0.140. The molecule has 3 aliphatic heterocycles. The molecule has 2 saturated heterocycles. The molecule has 6 rings (SSSR count). The molecule has 0 aliphatic carbocycles. The summed E-state index contributed by atoms with van der Waals surface area (Å²) >= 11 is 0. The van der Waals surface area contributed by atoms with Crippen molar-refractivity contribution in [2.24, 2.45) is 0 Å². The van der Waals surface area contributed by atoms with Gasteiger partial charge in [-0.1, -0.05) is 42.5 Å². The summed E-state index contributed by atoms with van der Waals surface area (Å²) in [5.41, 5.74) is 2.44. The molecule has 0 radical (unpaired) electrons. The molecule has 6 nitrogen and oxygen atoms in total. The number of Topliss-reactive ketones (excluding diaryl/α,β-unsaturated/α-hetero) is 1. The van der Waals surface area contributed by atoms with Crippen LogP contribution in [0.15, 0.2) is 66.2 Å². The summed E-state index contributed by atoms with van der Waals surface area (Å²) in [7, 11) is 0. The Balaban J connectivity index is 1.52. The van der Waals surface area contributed by atoms with Gasteiger partial charge in [0.1, 0.15) is 17.6 Å². The Labute approximate surface area is 203 Å². The molecule has 35 heavy (non-hydrogen) atoms. The van der Waals surface area contributed by atoms with Crippen molar-refractivity contribution in [3.8, 4) is 5.75 Å². The molecule has 178 valence electrons. The van der Waals surface area contributed by atoms with Crippen LogP contribution < -0.4 is 4.74 Å². The minimum atomic E-state index is -0.700. The van der Waals surface area contributed by atoms with E-state index in [4.69, 9.17) is 9.47 Å². The van der Waals surface area contributed by atoms with Gasteiger partial charge in [-0.2, -0.15) is 0 Å². The normalized spacial score (nSPS) is 25.3. The second-order valence-corrected chi connectivity index (χ2v) is 9.61. The molecule has 3 aromatic rings. The number of carbonyl (C=O) groups is 2. The molecule has 0 aromatic heterocycles. The van der Waals surface area contributed by atoms with Crippen molar-refractivity contribution >= 4 is 28.2 Å². The summed E-state index contributed by atoms with van der Waals surface area (Å²) in [6.45, 7) is 2.96. The van der Waals surface area contributed by atoms with Crippen LogP contribution in [0.3, 0.4) is 0 Å². The topological polar surface area (TPSA) is 76.1 Å². The van der Waals surface area contributed by atoms with E-state index in [2.05, 4.69) is 0 Å². The van der Waals surface area contributed by atoms with Crippen LogP contribution in [-0.4, -0.2) is 47.1 Å². The van der Waals surface area contributed by atoms with Gasteiger partial charge in [0.15, 0.2) is 0 Å². The number of hydrogen-bond acceptors (Lipinski definition) is 5. The van der Waals surface area contributed by atoms with E-state index in [0.29, 0.717) is 18.7 Å². The first kappa shape index (κ1) is 21.9. The van der Waals surface area contributed by atoms with Crippen molar-refractivity contribution in [3.05, 3.63) is 82.9 Å². The number of aliphatic hydroxyl groups excluding tert-OH is 1. The zero-order valence-corrected chi connectivity index (χ0v) is 19.6. The summed E-state index contributed by atoms with van der Waals surface area (Å²) < 4.78 is 11.6. The van der Waals surface area contributed by atoms with Gasteiger partial charge in [0, 0.05) is 25.1 Å². The van der Waals surface area contributed by atoms with Gasteiger partial charge in [-0.25, -0.2) is 0 Å². The standard InChI is InChI=1S/C29H27NO5/c1-17-14-20-15-19(11-12-24(20)35-17)27(31)25-26(23-10-4-7-18-6-2-3-9-22(18)23)30(29(33)28(25)32)16-21-8-5-13-34-21/h2-4,6-7,9-12,15,17,21,26,31H,5,8,13-14,16H2,1H3/t17-,21+,26+/m1/s1. The van der Waals surface area contributed by atoms with Crippen molar-refractivity contribution in [2.45, 2.75) is 44.4 Å². The van der Waals surface area contributed by atoms with Gasteiger partial charge < -0.3 is 19.5 Å². The molecular weight excluding hydrogens is 442 g/mol. The van der Waals surface area contributed by atoms with Crippen LogP contribution in [0, 0.1) is 0 Å². The van der Waals surface area contributed by atoms with Crippen LogP contribution in [-0.2, 0) is 20.7 Å². The molecule has 2 fully saturated rings. The third-order valence-corrected chi connectivity index (χ3v) is 7.25. The van der Waals surface area contributed by atoms with Crippen molar-refractivity contribution in [2.75, 3.05) is 13.2 Å². The number of likely N-dealkylation sites (tertiary alicyclic amines) is 1. The predicted octanol–water partition coefficient (Wildman–Crippen LogP) is 4.76. The maximum absolute atomic E-state index is 13.4. The largest absolute Gasteiger partial charge is 0.507 e. The third kappa shape index (κ3) is 3.69. The Morgan fingerprint density at radius 2 is 1.91 bits per heavy atom. The highest BCUT2D eigenvalue weighted by molar-refractivity contribution is 6.46. The van der Waals surface area contributed by atoms with Crippen LogP contribution in [0.25, 0.3) is 16.5 Å². The highest BCUT2D eigenvalue weighted by atomic mass is 16.5. The first-order valence-electron chi connectivity index (χ1n) is 12.2. The summed E-state index contributed by atoms with van der Waals surface area (Å²) in [6, 6.07) is 18.5. The number of aliphatic hydroxyl groups is 1. The van der Waals surface area contributed by atoms with E-state index in [1.54, 1.807) is 11.0 Å². The molecule has 6 heteroatoms. The molecule has 0 bridgehead atoms. The number of carbonyl (C=O) groups excluding carboxylic acids is 2. The van der Waals surface area contributed by atoms with Gasteiger partial charge in [0.25, 0.3) is 11.7 Å². The monoisotopic (exact) mass is 469 g/mol. The number of rotatable bonds is 4. The number of fused-ring (bicyclic) bond motifs is 2. The van der Waals surface area contributed by atoms with Gasteiger partial charge in [-0.15, -0.1) is 0 Å². The van der Waals surface area contributed by atoms with E-state index in [9.17, 15) is 14.7 Å². The second-order valence-electron chi connectivity index (χ2n) is 9.61. The molecule has 3 atom stereocenters. The lowest BCUT2D eigenvalue weighted by atomic mass is 9.91. The number of hydrogen-bond donors (Lipinski definition) is 1. The van der Waals surface area contributed by atoms with E-state index in [1.807, 2.05) is 61.5 Å². The number of ether oxygens (including phenoxy) is 2. The van der Waals surface area contributed by atoms with Crippen molar-refractivity contribution in [3.63, 3.8) is 0 Å². The Morgan fingerprint density at radius 3 is 2.74 bits per heavy atom. The molecular formula is C29H27NO5. The number of ketones is 1. The average molecular weight is 470 g/mol. The van der Waals surface area contributed by atoms with Crippen LogP contribution >= 0.6 is 0 Å². The number of nitrogens with zero attached hydrogens (tertiary/aromatic N) is 1. The minimum absolute atomic E-state index is 0.0649. The Bertz CT molecular complexity index is 1370. The summed E-state index contributed by atoms with van der Waals surface area (Å²) in [5, 5.41) is 13.5. The predicted molar refractivity (Wildman–Crippen MR) is 132 cm³/mol. The fourth-order valence-corrected chi connectivity index (χ4v) is 5.61. The lowest BCUT2D eigenvalue weighted by Crippen LogP contribution is -2.36. The second kappa shape index (κ2) is 8.54. The zero-order chi connectivity index (χ0) is 24.1. The Morgan fingerprint density at radius 1 is 1.09 bits per heavy atom. The van der Waals surface area contributed by atoms with Crippen LogP contribution in [0.1, 0.15) is 42.5 Å². The molecule has 0 spiro atoms. The first-order valence-corrected chi connectivity index (χ1v) is 12.2. The highest BCUT2D eigenvalue weighted by Gasteiger charge is 2.47. The van der Waals surface area contributed by atoms with Gasteiger partial charge in [0.05, 0.1) is 17.7 Å². The fraction of sp³-hybridized carbons (Fsp3) is 0.310. The van der Waals surface area contributed by atoms with E-state index in [-0.39, 0.29) is 23.5 Å². The van der Waals surface area contributed by atoms with E-state index in [1.165, 1.54) is 0 Å². The van der Waals surface area contributed by atoms with E-state index in [0.717, 1.165) is 46.9 Å². The number of benzene rings is 3. The molecule has 1 N–H and O–H groups in total. The van der Waals surface area contributed by atoms with Crippen LogP contribution in [0.2, 0.25) is 0 Å². The highest BCUT2D eigenvalue weighted by Crippen LogP contribution is 2.43.